The molecule has 0 heterocycles. The summed E-state index contributed by atoms with van der Waals surface area (Å²) in [4.78, 5) is 29.5. The first kappa shape index (κ1) is 31.3. The first-order valence-electron chi connectivity index (χ1n) is 12.9. The topological polar surface area (TPSA) is 90.0 Å². The Labute approximate surface area is 246 Å². The predicted octanol–water partition coefficient (Wildman–Crippen LogP) is 4.62. The standard InChI is InChI=1S/C30H37BrN4O4S/c1-30(2,3)32-29(37)27(20-23-13-8-6-9-14-23)34(21-24-15-12-16-25(31)19-24)28(36)22-35(40(38,39)33(4)5)26-17-10-7-11-18-26/h6-19,27H,20-22H2,1-5H3,(H,32,37). The summed E-state index contributed by atoms with van der Waals surface area (Å²) in [5, 5.41) is 3.02. The molecule has 0 aliphatic rings. The third-order valence-corrected chi connectivity index (χ3v) is 8.39. The lowest BCUT2D eigenvalue weighted by Crippen LogP contribution is -2.56. The molecule has 0 bridgehead atoms. The van der Waals surface area contributed by atoms with Gasteiger partial charge in [0.2, 0.25) is 11.8 Å². The molecule has 10 heteroatoms. The maximum atomic E-state index is 14.2. The molecule has 3 aromatic carbocycles. The Balaban J connectivity index is 2.10. The van der Waals surface area contributed by atoms with Crippen LogP contribution in [0.1, 0.15) is 31.9 Å². The number of rotatable bonds is 11. The third-order valence-electron chi connectivity index (χ3n) is 6.07. The van der Waals surface area contributed by atoms with Gasteiger partial charge in [-0.15, -0.1) is 0 Å². The molecule has 2 amide bonds. The highest BCUT2D eigenvalue weighted by atomic mass is 79.9. The summed E-state index contributed by atoms with van der Waals surface area (Å²) in [6.45, 7) is 5.27. The Morgan fingerprint density at radius 3 is 2.00 bits per heavy atom. The molecule has 1 atom stereocenters. The normalized spacial score (nSPS) is 12.6. The molecule has 0 aliphatic carbocycles. The first-order valence-corrected chi connectivity index (χ1v) is 15.1. The number of anilines is 1. The number of carbonyl (C=O) groups excluding carboxylic acids is 2. The average molecular weight is 630 g/mol. The molecular weight excluding hydrogens is 592 g/mol. The monoisotopic (exact) mass is 628 g/mol. The number of hydrogen-bond acceptors (Lipinski definition) is 4. The van der Waals surface area contributed by atoms with E-state index < -0.39 is 34.2 Å². The van der Waals surface area contributed by atoms with Gasteiger partial charge in [-0.25, -0.2) is 4.31 Å². The van der Waals surface area contributed by atoms with Gasteiger partial charge in [0.1, 0.15) is 12.6 Å². The van der Waals surface area contributed by atoms with Crippen molar-refractivity contribution in [2.45, 2.75) is 45.3 Å². The molecule has 1 unspecified atom stereocenters. The van der Waals surface area contributed by atoms with Crippen molar-refractivity contribution in [3.8, 4) is 0 Å². The fourth-order valence-corrected chi connectivity index (χ4v) is 5.65. The summed E-state index contributed by atoms with van der Waals surface area (Å²) in [5.41, 5.74) is 1.49. The van der Waals surface area contributed by atoms with Gasteiger partial charge in [0.15, 0.2) is 0 Å². The van der Waals surface area contributed by atoms with Gasteiger partial charge in [-0.2, -0.15) is 12.7 Å². The summed E-state index contributed by atoms with van der Waals surface area (Å²) >= 11 is 3.49. The molecule has 0 aromatic heterocycles. The van der Waals surface area contributed by atoms with Crippen molar-refractivity contribution in [1.29, 1.82) is 0 Å². The zero-order valence-electron chi connectivity index (χ0n) is 23.5. The largest absolute Gasteiger partial charge is 0.350 e. The highest BCUT2D eigenvalue weighted by Gasteiger charge is 2.35. The van der Waals surface area contributed by atoms with Crippen LogP contribution in [-0.4, -0.2) is 61.7 Å². The van der Waals surface area contributed by atoms with Crippen molar-refractivity contribution in [2.24, 2.45) is 0 Å². The van der Waals surface area contributed by atoms with Gasteiger partial charge in [0.25, 0.3) is 0 Å². The Kier molecular flexibility index (Phi) is 10.5. The van der Waals surface area contributed by atoms with Gasteiger partial charge in [-0.3, -0.25) is 9.59 Å². The van der Waals surface area contributed by atoms with E-state index in [2.05, 4.69) is 21.2 Å². The number of carbonyl (C=O) groups is 2. The van der Waals surface area contributed by atoms with Crippen LogP contribution in [0, 0.1) is 0 Å². The zero-order chi connectivity index (χ0) is 29.5. The maximum absolute atomic E-state index is 14.2. The summed E-state index contributed by atoms with van der Waals surface area (Å²) in [6, 6.07) is 24.6. The molecule has 0 aliphatic heterocycles. The van der Waals surface area contributed by atoms with E-state index in [-0.39, 0.29) is 18.9 Å². The van der Waals surface area contributed by atoms with E-state index in [0.717, 1.165) is 24.2 Å². The van der Waals surface area contributed by atoms with E-state index in [1.807, 2.05) is 75.4 Å². The van der Waals surface area contributed by atoms with Crippen LogP contribution < -0.4 is 9.62 Å². The van der Waals surface area contributed by atoms with Crippen LogP contribution in [0.2, 0.25) is 0 Å². The molecule has 3 rings (SSSR count). The summed E-state index contributed by atoms with van der Waals surface area (Å²) in [7, 11) is -1.18. The SMILES string of the molecule is CN(C)S(=O)(=O)N(CC(=O)N(Cc1cccc(Br)c1)C(Cc1ccccc1)C(=O)NC(C)(C)C)c1ccccc1. The van der Waals surface area contributed by atoms with E-state index in [4.69, 9.17) is 0 Å². The summed E-state index contributed by atoms with van der Waals surface area (Å²) in [6.07, 6.45) is 0.258. The molecule has 0 fully saturated rings. The minimum atomic E-state index is -4.02. The molecule has 214 valence electrons. The van der Waals surface area contributed by atoms with Crippen LogP contribution in [-0.2, 0) is 32.8 Å². The molecule has 1 N–H and O–H groups in total. The van der Waals surface area contributed by atoms with Gasteiger partial charge >= 0.3 is 10.2 Å². The second kappa shape index (κ2) is 13.4. The minimum Gasteiger partial charge on any atom is -0.350 e. The molecular formula is C30H37BrN4O4S. The van der Waals surface area contributed by atoms with E-state index in [1.165, 1.54) is 19.0 Å². The fraction of sp³-hybridized carbons (Fsp3) is 0.333. The van der Waals surface area contributed by atoms with E-state index in [1.54, 1.807) is 30.3 Å². The Bertz CT molecular complexity index is 1390. The van der Waals surface area contributed by atoms with Crippen molar-refractivity contribution < 1.29 is 18.0 Å². The Morgan fingerprint density at radius 2 is 1.45 bits per heavy atom. The molecule has 40 heavy (non-hydrogen) atoms. The number of amides is 2. The molecule has 0 saturated heterocycles. The zero-order valence-corrected chi connectivity index (χ0v) is 25.9. The maximum Gasteiger partial charge on any atom is 0.304 e. The van der Waals surface area contributed by atoms with E-state index >= 15 is 0 Å². The molecule has 0 saturated carbocycles. The number of para-hydroxylation sites is 1. The van der Waals surface area contributed by atoms with Crippen molar-refractivity contribution >= 4 is 43.6 Å². The van der Waals surface area contributed by atoms with Crippen LogP contribution in [0.3, 0.4) is 0 Å². The number of benzene rings is 3. The van der Waals surface area contributed by atoms with Crippen molar-refractivity contribution in [3.05, 3.63) is 101 Å². The van der Waals surface area contributed by atoms with Gasteiger partial charge in [0.05, 0.1) is 5.69 Å². The molecule has 8 nitrogen and oxygen atoms in total. The van der Waals surface area contributed by atoms with Gasteiger partial charge in [-0.1, -0.05) is 76.6 Å². The fourth-order valence-electron chi connectivity index (χ4n) is 4.15. The van der Waals surface area contributed by atoms with Crippen molar-refractivity contribution in [1.82, 2.24) is 14.5 Å². The lowest BCUT2D eigenvalue weighted by Gasteiger charge is -2.35. The smallest absolute Gasteiger partial charge is 0.304 e. The van der Waals surface area contributed by atoms with Crippen molar-refractivity contribution in [2.75, 3.05) is 24.9 Å². The van der Waals surface area contributed by atoms with E-state index in [0.29, 0.717) is 5.69 Å². The average Bonchev–Trinajstić information content (AvgIpc) is 2.89. The minimum absolute atomic E-state index is 0.109. The lowest BCUT2D eigenvalue weighted by molar-refractivity contribution is -0.140. The number of nitrogens with one attached hydrogen (secondary N) is 1. The van der Waals surface area contributed by atoms with Crippen LogP contribution in [0.4, 0.5) is 5.69 Å². The molecule has 3 aromatic rings. The van der Waals surface area contributed by atoms with E-state index in [9.17, 15) is 18.0 Å². The molecule has 0 radical (unpaired) electrons. The van der Waals surface area contributed by atoms with Gasteiger partial charge < -0.3 is 10.2 Å². The van der Waals surface area contributed by atoms with Crippen LogP contribution >= 0.6 is 15.9 Å². The first-order chi connectivity index (χ1) is 18.8. The summed E-state index contributed by atoms with van der Waals surface area (Å²) in [5.74, 6) is -0.819. The summed E-state index contributed by atoms with van der Waals surface area (Å²) < 4.78 is 29.7. The van der Waals surface area contributed by atoms with Crippen LogP contribution in [0.15, 0.2) is 89.4 Å². The highest BCUT2D eigenvalue weighted by Crippen LogP contribution is 2.22. The Morgan fingerprint density at radius 1 is 0.875 bits per heavy atom. The molecule has 0 spiro atoms. The number of halogens is 1. The van der Waals surface area contributed by atoms with Gasteiger partial charge in [0, 0.05) is 37.1 Å². The van der Waals surface area contributed by atoms with Crippen LogP contribution in [0.25, 0.3) is 0 Å². The lowest BCUT2D eigenvalue weighted by atomic mass is 10.0. The quantitative estimate of drug-likeness (QED) is 0.336. The Hall–Kier alpha value is -3.21. The second-order valence-corrected chi connectivity index (χ2v) is 13.7. The predicted molar refractivity (Wildman–Crippen MR) is 163 cm³/mol. The number of nitrogens with zero attached hydrogens (tertiary/aromatic N) is 3. The van der Waals surface area contributed by atoms with Crippen molar-refractivity contribution in [3.63, 3.8) is 0 Å². The van der Waals surface area contributed by atoms with Crippen LogP contribution in [0.5, 0.6) is 0 Å². The highest BCUT2D eigenvalue weighted by molar-refractivity contribution is 9.10. The number of hydrogen-bond donors (Lipinski definition) is 1. The second-order valence-electron chi connectivity index (χ2n) is 10.7. The third kappa shape index (κ3) is 8.64. The van der Waals surface area contributed by atoms with Gasteiger partial charge in [-0.05, 0) is 56.2 Å².